The average molecular weight is 379 g/mol. The Hall–Kier alpha value is -1.57. The maximum Gasteiger partial charge on any atom is 0.471 e. The molecule has 0 spiro atoms. The predicted octanol–water partition coefficient (Wildman–Crippen LogP) is 2.22. The Kier molecular flexibility index (Phi) is 5.10. The third-order valence-corrected chi connectivity index (χ3v) is 3.90. The maximum atomic E-state index is 12.3. The van der Waals surface area contributed by atoms with Crippen LogP contribution < -0.4 is 0 Å². The second-order valence-corrected chi connectivity index (χ2v) is 5.89. The monoisotopic (exact) mass is 378 g/mol. The van der Waals surface area contributed by atoms with Gasteiger partial charge in [-0.25, -0.2) is 0 Å². The molecule has 1 aromatic carbocycles. The Labute approximate surface area is 134 Å². The van der Waals surface area contributed by atoms with Gasteiger partial charge in [-0.2, -0.15) is 13.2 Å². The minimum atomic E-state index is -4.86. The Morgan fingerprint density at radius 3 is 2.23 bits per heavy atom. The molecule has 1 heterocycles. The Morgan fingerprint density at radius 1 is 1.09 bits per heavy atom. The van der Waals surface area contributed by atoms with Crippen molar-refractivity contribution in [2.75, 3.05) is 26.2 Å². The zero-order chi connectivity index (χ0) is 16.3. The molecule has 0 aromatic heterocycles. The van der Waals surface area contributed by atoms with E-state index in [2.05, 4.69) is 15.9 Å². The summed E-state index contributed by atoms with van der Waals surface area (Å²) in [5.74, 6) is -2.00. The van der Waals surface area contributed by atoms with E-state index in [-0.39, 0.29) is 38.5 Å². The standard InChI is InChI=1S/C14H14BrF3N2O2/c15-11-3-1-2-10(8-11)9-12(21)19-4-6-20(7-5-19)13(22)14(16,17)18/h1-3,8H,4-7,9H2. The number of carbonyl (C=O) groups excluding carboxylic acids is 2. The van der Waals surface area contributed by atoms with Crippen LogP contribution >= 0.6 is 15.9 Å². The zero-order valence-corrected chi connectivity index (χ0v) is 13.2. The van der Waals surface area contributed by atoms with Crippen molar-refractivity contribution in [1.29, 1.82) is 0 Å². The Bertz CT molecular complexity index is 569. The molecule has 0 bridgehead atoms. The van der Waals surface area contributed by atoms with Gasteiger partial charge in [0.15, 0.2) is 0 Å². The van der Waals surface area contributed by atoms with Crippen molar-refractivity contribution in [1.82, 2.24) is 9.80 Å². The van der Waals surface area contributed by atoms with E-state index in [0.29, 0.717) is 0 Å². The predicted molar refractivity (Wildman–Crippen MR) is 77.1 cm³/mol. The van der Waals surface area contributed by atoms with Gasteiger partial charge in [0, 0.05) is 30.7 Å². The fourth-order valence-electron chi connectivity index (χ4n) is 2.27. The van der Waals surface area contributed by atoms with Crippen molar-refractivity contribution in [3.05, 3.63) is 34.3 Å². The summed E-state index contributed by atoms with van der Waals surface area (Å²) in [6.45, 7) is 0.0500. The molecule has 4 nitrogen and oxygen atoms in total. The van der Waals surface area contributed by atoms with E-state index >= 15 is 0 Å². The first-order valence-electron chi connectivity index (χ1n) is 6.65. The van der Waals surface area contributed by atoms with Gasteiger partial charge in [0.25, 0.3) is 0 Å². The van der Waals surface area contributed by atoms with Crippen molar-refractivity contribution in [3.8, 4) is 0 Å². The highest BCUT2D eigenvalue weighted by Crippen LogP contribution is 2.20. The molecule has 2 amide bonds. The topological polar surface area (TPSA) is 40.6 Å². The van der Waals surface area contributed by atoms with Gasteiger partial charge in [-0.15, -0.1) is 0 Å². The number of hydrogen-bond acceptors (Lipinski definition) is 2. The Balaban J connectivity index is 1.89. The van der Waals surface area contributed by atoms with Crippen molar-refractivity contribution in [3.63, 3.8) is 0 Å². The van der Waals surface area contributed by atoms with Gasteiger partial charge in [-0.1, -0.05) is 28.1 Å². The molecular formula is C14H14BrF3N2O2. The fraction of sp³-hybridized carbons (Fsp3) is 0.429. The molecule has 8 heteroatoms. The van der Waals surface area contributed by atoms with Crippen LogP contribution in [0.5, 0.6) is 0 Å². The molecule has 120 valence electrons. The summed E-state index contributed by atoms with van der Waals surface area (Å²) in [5, 5.41) is 0. The van der Waals surface area contributed by atoms with Gasteiger partial charge in [-0.05, 0) is 17.7 Å². The van der Waals surface area contributed by atoms with Crippen molar-refractivity contribution >= 4 is 27.7 Å². The Morgan fingerprint density at radius 2 is 1.68 bits per heavy atom. The lowest BCUT2D eigenvalue weighted by molar-refractivity contribution is -0.187. The molecule has 1 fully saturated rings. The van der Waals surface area contributed by atoms with Crippen molar-refractivity contribution in [2.24, 2.45) is 0 Å². The lowest BCUT2D eigenvalue weighted by atomic mass is 10.1. The summed E-state index contributed by atoms with van der Waals surface area (Å²) in [7, 11) is 0. The molecule has 0 atom stereocenters. The summed E-state index contributed by atoms with van der Waals surface area (Å²) in [4.78, 5) is 25.5. The number of halogens is 4. The molecule has 2 rings (SSSR count). The van der Waals surface area contributed by atoms with Gasteiger partial charge < -0.3 is 9.80 Å². The zero-order valence-electron chi connectivity index (χ0n) is 11.6. The van der Waals surface area contributed by atoms with Crippen LogP contribution in [-0.2, 0) is 16.0 Å². The van der Waals surface area contributed by atoms with Crippen LogP contribution in [0.4, 0.5) is 13.2 Å². The summed E-state index contributed by atoms with van der Waals surface area (Å²) in [6.07, 6.45) is -4.67. The third kappa shape index (κ3) is 4.22. The summed E-state index contributed by atoms with van der Waals surface area (Å²) in [6, 6.07) is 7.29. The number of amides is 2. The van der Waals surface area contributed by atoms with E-state index in [9.17, 15) is 22.8 Å². The van der Waals surface area contributed by atoms with Gasteiger partial charge in [0.2, 0.25) is 5.91 Å². The van der Waals surface area contributed by atoms with Crippen LogP contribution in [0.25, 0.3) is 0 Å². The molecule has 0 radical (unpaired) electrons. The van der Waals surface area contributed by atoms with Crippen LogP contribution in [0.1, 0.15) is 5.56 Å². The molecule has 0 saturated carbocycles. The number of hydrogen-bond donors (Lipinski definition) is 0. The molecule has 0 N–H and O–H groups in total. The maximum absolute atomic E-state index is 12.3. The van der Waals surface area contributed by atoms with Crippen LogP contribution in [0.2, 0.25) is 0 Å². The highest BCUT2D eigenvalue weighted by Gasteiger charge is 2.43. The first kappa shape index (κ1) is 16.8. The van der Waals surface area contributed by atoms with Gasteiger partial charge >= 0.3 is 12.1 Å². The van der Waals surface area contributed by atoms with Crippen LogP contribution in [0.15, 0.2) is 28.7 Å². The molecule has 1 aliphatic heterocycles. The molecule has 22 heavy (non-hydrogen) atoms. The smallest absolute Gasteiger partial charge is 0.339 e. The third-order valence-electron chi connectivity index (χ3n) is 3.41. The van der Waals surface area contributed by atoms with Gasteiger partial charge in [-0.3, -0.25) is 9.59 Å². The van der Waals surface area contributed by atoms with Crippen LogP contribution in [0.3, 0.4) is 0 Å². The van der Waals surface area contributed by atoms with E-state index in [1.807, 2.05) is 24.3 Å². The number of piperazine rings is 1. The minimum Gasteiger partial charge on any atom is -0.339 e. The van der Waals surface area contributed by atoms with Gasteiger partial charge in [0.1, 0.15) is 0 Å². The molecule has 0 unspecified atom stereocenters. The number of benzene rings is 1. The number of rotatable bonds is 2. The largest absolute Gasteiger partial charge is 0.471 e. The fourth-order valence-corrected chi connectivity index (χ4v) is 2.72. The van der Waals surface area contributed by atoms with E-state index in [0.717, 1.165) is 14.9 Å². The number of nitrogens with zero attached hydrogens (tertiary/aromatic N) is 2. The van der Waals surface area contributed by atoms with Crippen molar-refractivity contribution < 1.29 is 22.8 Å². The quantitative estimate of drug-likeness (QED) is 0.791. The van der Waals surface area contributed by atoms with Crippen LogP contribution in [0, 0.1) is 0 Å². The second kappa shape index (κ2) is 6.68. The number of carbonyl (C=O) groups is 2. The average Bonchev–Trinajstić information content (AvgIpc) is 2.45. The van der Waals surface area contributed by atoms with Gasteiger partial charge in [0.05, 0.1) is 6.42 Å². The normalized spacial score (nSPS) is 15.8. The SMILES string of the molecule is O=C(Cc1cccc(Br)c1)N1CCN(C(=O)C(F)(F)F)CC1. The lowest BCUT2D eigenvalue weighted by Gasteiger charge is -2.35. The first-order chi connectivity index (χ1) is 10.3. The highest BCUT2D eigenvalue weighted by atomic mass is 79.9. The summed E-state index contributed by atoms with van der Waals surface area (Å²) in [5.41, 5.74) is 0.827. The van der Waals surface area contributed by atoms with Crippen molar-refractivity contribution in [2.45, 2.75) is 12.6 Å². The molecule has 1 aliphatic rings. The van der Waals surface area contributed by atoms with E-state index < -0.39 is 12.1 Å². The van der Waals surface area contributed by atoms with Crippen LogP contribution in [-0.4, -0.2) is 54.0 Å². The minimum absolute atomic E-state index is 0.0947. The van der Waals surface area contributed by atoms with E-state index in [1.54, 1.807) is 0 Å². The molecule has 1 aromatic rings. The number of alkyl halides is 3. The summed E-state index contributed by atoms with van der Waals surface area (Å²) < 4.78 is 37.9. The van der Waals surface area contributed by atoms with E-state index in [4.69, 9.17) is 0 Å². The molecule has 0 aliphatic carbocycles. The lowest BCUT2D eigenvalue weighted by Crippen LogP contribution is -2.53. The first-order valence-corrected chi connectivity index (χ1v) is 7.45. The highest BCUT2D eigenvalue weighted by molar-refractivity contribution is 9.10. The molecular weight excluding hydrogens is 365 g/mol. The summed E-state index contributed by atoms with van der Waals surface area (Å²) >= 11 is 3.31. The second-order valence-electron chi connectivity index (χ2n) is 4.98. The van der Waals surface area contributed by atoms with E-state index in [1.165, 1.54) is 4.90 Å². The molecule has 1 saturated heterocycles.